The Balaban J connectivity index is 1.90. The molecule has 226 valence electrons. The van der Waals surface area contributed by atoms with Gasteiger partial charge < -0.3 is 15.0 Å². The summed E-state index contributed by atoms with van der Waals surface area (Å²) in [5.41, 5.74) is 3.27. The normalized spacial score (nSPS) is 12.0. The summed E-state index contributed by atoms with van der Waals surface area (Å²) < 4.78 is 32.0. The number of amides is 2. The molecule has 0 unspecified atom stereocenters. The van der Waals surface area contributed by atoms with Crippen molar-refractivity contribution in [1.29, 1.82) is 0 Å². The molecule has 9 heteroatoms. The first-order chi connectivity index (χ1) is 20.0. The molecule has 0 saturated carbocycles. The number of methoxy groups -OCH3 is 1. The molecule has 1 atom stereocenters. The molecular formula is C33H43N3O5S. The first-order valence-electron chi connectivity index (χ1n) is 14.3. The van der Waals surface area contributed by atoms with Gasteiger partial charge in [0, 0.05) is 32.5 Å². The van der Waals surface area contributed by atoms with Gasteiger partial charge in [0.05, 0.1) is 19.1 Å². The van der Waals surface area contributed by atoms with E-state index in [2.05, 4.69) is 5.32 Å². The summed E-state index contributed by atoms with van der Waals surface area (Å²) in [4.78, 5) is 29.2. The molecule has 1 N–H and O–H groups in total. The molecule has 0 aliphatic carbocycles. The molecule has 3 rings (SSSR count). The highest BCUT2D eigenvalue weighted by molar-refractivity contribution is 7.92. The summed E-state index contributed by atoms with van der Waals surface area (Å²) in [5.74, 6) is 0.459. The zero-order chi connectivity index (χ0) is 30.7. The van der Waals surface area contributed by atoms with Crippen molar-refractivity contribution in [2.75, 3.05) is 30.8 Å². The van der Waals surface area contributed by atoms with Crippen LogP contribution in [0.2, 0.25) is 0 Å². The quantitative estimate of drug-likeness (QED) is 0.269. The van der Waals surface area contributed by atoms with Gasteiger partial charge in [0.2, 0.25) is 21.8 Å². The number of aryl methyl sites for hydroxylation is 1. The van der Waals surface area contributed by atoms with Gasteiger partial charge in [-0.1, -0.05) is 68.4 Å². The fourth-order valence-electron chi connectivity index (χ4n) is 4.73. The Bertz CT molecular complexity index is 1430. The number of hydrogen-bond acceptors (Lipinski definition) is 5. The van der Waals surface area contributed by atoms with Crippen LogP contribution in [0.15, 0.2) is 78.9 Å². The number of carbonyl (C=O) groups excluding carboxylic acids is 2. The number of ether oxygens (including phenoxy) is 1. The Morgan fingerprint density at radius 3 is 2.26 bits per heavy atom. The predicted molar refractivity (Wildman–Crippen MR) is 168 cm³/mol. The molecule has 0 radical (unpaired) electrons. The van der Waals surface area contributed by atoms with Crippen LogP contribution >= 0.6 is 0 Å². The summed E-state index contributed by atoms with van der Waals surface area (Å²) in [6, 6.07) is 23.6. The fourth-order valence-corrected chi connectivity index (χ4v) is 5.69. The SMILES string of the molecule is COc1cccc(CN(C(=O)CCCN(c2cccc(C)c2)S(C)(=O)=O)[C@@H](Cc2ccccc2)C(=O)NCC(C)C)c1. The summed E-state index contributed by atoms with van der Waals surface area (Å²) in [5, 5.41) is 3.02. The molecular weight excluding hydrogens is 550 g/mol. The lowest BCUT2D eigenvalue weighted by atomic mass is 10.0. The van der Waals surface area contributed by atoms with Crippen molar-refractivity contribution in [3.05, 3.63) is 95.6 Å². The second kappa shape index (κ2) is 15.4. The van der Waals surface area contributed by atoms with E-state index in [1.807, 2.05) is 93.6 Å². The summed E-state index contributed by atoms with van der Waals surface area (Å²) in [6.07, 6.45) is 1.88. The van der Waals surface area contributed by atoms with Crippen LogP contribution in [0.1, 0.15) is 43.4 Å². The van der Waals surface area contributed by atoms with E-state index in [9.17, 15) is 18.0 Å². The van der Waals surface area contributed by atoms with Gasteiger partial charge in [-0.15, -0.1) is 0 Å². The van der Waals surface area contributed by atoms with Crippen LogP contribution in [0.25, 0.3) is 0 Å². The van der Waals surface area contributed by atoms with Crippen molar-refractivity contribution in [3.63, 3.8) is 0 Å². The number of hydrogen-bond donors (Lipinski definition) is 1. The lowest BCUT2D eigenvalue weighted by molar-refractivity contribution is -0.141. The molecule has 0 heterocycles. The lowest BCUT2D eigenvalue weighted by Gasteiger charge is -2.32. The smallest absolute Gasteiger partial charge is 0.243 e. The van der Waals surface area contributed by atoms with Crippen molar-refractivity contribution in [2.24, 2.45) is 5.92 Å². The van der Waals surface area contributed by atoms with Gasteiger partial charge in [-0.05, 0) is 60.2 Å². The molecule has 0 fully saturated rings. The Morgan fingerprint density at radius 2 is 1.62 bits per heavy atom. The molecule has 3 aromatic carbocycles. The highest BCUT2D eigenvalue weighted by Crippen LogP contribution is 2.22. The van der Waals surface area contributed by atoms with Crippen LogP contribution < -0.4 is 14.4 Å². The summed E-state index contributed by atoms with van der Waals surface area (Å²) >= 11 is 0. The van der Waals surface area contributed by atoms with Gasteiger partial charge in [0.25, 0.3) is 0 Å². The Morgan fingerprint density at radius 1 is 0.929 bits per heavy atom. The van der Waals surface area contributed by atoms with E-state index >= 15 is 0 Å². The molecule has 0 spiro atoms. The molecule has 0 bridgehead atoms. The zero-order valence-electron chi connectivity index (χ0n) is 25.2. The third-order valence-corrected chi connectivity index (χ3v) is 8.08. The first-order valence-corrected chi connectivity index (χ1v) is 16.1. The van der Waals surface area contributed by atoms with Gasteiger partial charge in [-0.25, -0.2) is 8.42 Å². The maximum absolute atomic E-state index is 13.9. The average molecular weight is 594 g/mol. The van der Waals surface area contributed by atoms with Crippen molar-refractivity contribution in [1.82, 2.24) is 10.2 Å². The largest absolute Gasteiger partial charge is 0.497 e. The number of sulfonamides is 1. The van der Waals surface area contributed by atoms with Gasteiger partial charge in [-0.2, -0.15) is 0 Å². The minimum atomic E-state index is -3.56. The molecule has 0 aliphatic heterocycles. The van der Waals surface area contributed by atoms with Crippen LogP contribution in [-0.4, -0.2) is 57.6 Å². The Labute approximate surface area is 250 Å². The molecule has 2 amide bonds. The van der Waals surface area contributed by atoms with Crippen LogP contribution in [0.3, 0.4) is 0 Å². The molecule has 0 saturated heterocycles. The number of rotatable bonds is 15. The zero-order valence-corrected chi connectivity index (χ0v) is 26.1. The Hall–Kier alpha value is -3.85. The minimum Gasteiger partial charge on any atom is -0.497 e. The minimum absolute atomic E-state index is 0.0740. The number of carbonyl (C=O) groups is 2. The molecule has 0 aliphatic rings. The van der Waals surface area contributed by atoms with E-state index < -0.39 is 16.1 Å². The summed E-state index contributed by atoms with van der Waals surface area (Å²) in [6.45, 7) is 6.79. The van der Waals surface area contributed by atoms with Gasteiger partial charge in [0.1, 0.15) is 11.8 Å². The van der Waals surface area contributed by atoms with E-state index in [1.165, 1.54) is 10.6 Å². The molecule has 8 nitrogen and oxygen atoms in total. The van der Waals surface area contributed by atoms with E-state index in [4.69, 9.17) is 4.74 Å². The molecule has 0 aromatic heterocycles. The van der Waals surface area contributed by atoms with E-state index in [1.54, 1.807) is 18.1 Å². The lowest BCUT2D eigenvalue weighted by Crippen LogP contribution is -2.51. The summed E-state index contributed by atoms with van der Waals surface area (Å²) in [7, 11) is -1.98. The van der Waals surface area contributed by atoms with Gasteiger partial charge in [-0.3, -0.25) is 13.9 Å². The van der Waals surface area contributed by atoms with Crippen molar-refractivity contribution in [2.45, 2.75) is 52.6 Å². The van der Waals surface area contributed by atoms with Crippen molar-refractivity contribution < 1.29 is 22.7 Å². The highest BCUT2D eigenvalue weighted by Gasteiger charge is 2.30. The average Bonchev–Trinajstić information content (AvgIpc) is 2.95. The molecule has 42 heavy (non-hydrogen) atoms. The third kappa shape index (κ3) is 9.91. The number of nitrogens with zero attached hydrogens (tertiary/aromatic N) is 2. The predicted octanol–water partition coefficient (Wildman–Crippen LogP) is 4.96. The fraction of sp³-hybridized carbons (Fsp3) is 0.394. The van der Waals surface area contributed by atoms with Crippen LogP contribution in [0.5, 0.6) is 5.75 Å². The van der Waals surface area contributed by atoms with Crippen molar-refractivity contribution in [3.8, 4) is 5.75 Å². The van der Waals surface area contributed by atoms with Crippen LogP contribution in [0.4, 0.5) is 5.69 Å². The molecule has 3 aromatic rings. The van der Waals surface area contributed by atoms with E-state index in [0.717, 1.165) is 16.7 Å². The standard InChI is InChI=1S/C33H43N3O5S/c1-25(2)23-34-33(38)31(22-27-13-7-6-8-14-27)35(24-28-15-10-17-30(21-28)41-4)32(37)18-11-19-36(42(5,39)40)29-16-9-12-26(3)20-29/h6-10,12-17,20-21,25,31H,11,18-19,22-24H2,1-5H3,(H,34,38)/t31-/m0/s1. The monoisotopic (exact) mass is 593 g/mol. The van der Waals surface area contributed by atoms with Crippen LogP contribution in [-0.2, 0) is 32.6 Å². The number of nitrogens with one attached hydrogen (secondary N) is 1. The Kier molecular flexibility index (Phi) is 12.0. The second-order valence-electron chi connectivity index (χ2n) is 11.0. The maximum atomic E-state index is 13.9. The third-order valence-electron chi connectivity index (χ3n) is 6.88. The second-order valence-corrected chi connectivity index (χ2v) is 12.9. The number of anilines is 1. The van der Waals surface area contributed by atoms with E-state index in [-0.39, 0.29) is 37.2 Å². The van der Waals surface area contributed by atoms with E-state index in [0.29, 0.717) is 30.8 Å². The van der Waals surface area contributed by atoms with Crippen LogP contribution in [0, 0.1) is 12.8 Å². The van der Waals surface area contributed by atoms with Gasteiger partial charge in [0.15, 0.2) is 0 Å². The van der Waals surface area contributed by atoms with Crippen molar-refractivity contribution >= 4 is 27.5 Å². The van der Waals surface area contributed by atoms with Gasteiger partial charge >= 0.3 is 0 Å². The first kappa shape index (κ1) is 32.7. The topological polar surface area (TPSA) is 96.0 Å². The highest BCUT2D eigenvalue weighted by atomic mass is 32.2. The number of benzene rings is 3. The maximum Gasteiger partial charge on any atom is 0.243 e.